The van der Waals surface area contributed by atoms with Crippen LogP contribution in [0.5, 0.6) is 0 Å². The average molecular weight is 549 g/mol. The van der Waals surface area contributed by atoms with E-state index in [-0.39, 0.29) is 35.6 Å². The summed E-state index contributed by atoms with van der Waals surface area (Å²) in [6.07, 6.45) is 12.7. The minimum atomic E-state index is -0.684. The third kappa shape index (κ3) is 6.26. The molecule has 3 unspecified atom stereocenters. The van der Waals surface area contributed by atoms with Gasteiger partial charge in [-0.3, -0.25) is 4.79 Å². The molecule has 5 aliphatic rings. The Morgan fingerprint density at radius 1 is 0.821 bits per heavy atom. The van der Waals surface area contributed by atoms with Gasteiger partial charge in [-0.05, 0) is 135 Å². The SMILES string of the molecule is CC1CCC(C(C)C)C(O)C1.C[C@H](CCC(=O)O)[C@H]1CC[C@H]2[C@@H]3[C@@H](O)C[C@@H]4C[C@H](O)CC[C@]4(C)[C@H]3CC[C@]12C. The molecule has 0 spiro atoms. The number of aliphatic hydroxyl groups is 3. The van der Waals surface area contributed by atoms with Gasteiger partial charge < -0.3 is 20.4 Å². The number of aliphatic carboxylic acids is 1. The first-order valence-corrected chi connectivity index (χ1v) is 16.5. The van der Waals surface area contributed by atoms with Gasteiger partial charge >= 0.3 is 5.97 Å². The van der Waals surface area contributed by atoms with Crippen molar-refractivity contribution < 1.29 is 25.2 Å². The van der Waals surface area contributed by atoms with E-state index in [9.17, 15) is 20.1 Å². The quantitative estimate of drug-likeness (QED) is 0.299. The predicted octanol–water partition coefficient (Wildman–Crippen LogP) is 6.92. The van der Waals surface area contributed by atoms with Gasteiger partial charge in [0.25, 0.3) is 0 Å². The van der Waals surface area contributed by atoms with Crippen LogP contribution in [0.15, 0.2) is 0 Å². The van der Waals surface area contributed by atoms with Crippen LogP contribution in [-0.4, -0.2) is 44.7 Å². The molecule has 5 rings (SSSR count). The lowest BCUT2D eigenvalue weighted by atomic mass is 9.43. The number of carbonyl (C=O) groups is 1. The van der Waals surface area contributed by atoms with E-state index in [2.05, 4.69) is 41.5 Å². The molecule has 226 valence electrons. The van der Waals surface area contributed by atoms with E-state index < -0.39 is 5.97 Å². The number of hydrogen-bond acceptors (Lipinski definition) is 4. The molecule has 5 fully saturated rings. The smallest absolute Gasteiger partial charge is 0.303 e. The van der Waals surface area contributed by atoms with E-state index in [1.807, 2.05) is 0 Å². The summed E-state index contributed by atoms with van der Waals surface area (Å²) in [5.41, 5.74) is 0.523. The zero-order valence-electron chi connectivity index (χ0n) is 25.8. The van der Waals surface area contributed by atoms with Crippen LogP contribution < -0.4 is 0 Å². The van der Waals surface area contributed by atoms with Gasteiger partial charge in [0.15, 0.2) is 0 Å². The molecule has 0 saturated heterocycles. The minimum absolute atomic E-state index is 0.0289. The van der Waals surface area contributed by atoms with Crippen molar-refractivity contribution in [1.29, 1.82) is 0 Å². The highest BCUT2D eigenvalue weighted by Gasteiger charge is 2.62. The van der Waals surface area contributed by atoms with Gasteiger partial charge in [-0.1, -0.05) is 48.0 Å². The number of fused-ring (bicyclic) bond motifs is 5. The molecule has 0 aromatic heterocycles. The molecule has 39 heavy (non-hydrogen) atoms. The van der Waals surface area contributed by atoms with Crippen molar-refractivity contribution in [3.05, 3.63) is 0 Å². The monoisotopic (exact) mass is 548 g/mol. The lowest BCUT2D eigenvalue weighted by Gasteiger charge is -2.62. The number of aliphatic hydroxyl groups excluding tert-OH is 3. The molecular weight excluding hydrogens is 488 g/mol. The Hall–Kier alpha value is -0.650. The molecule has 0 amide bonds. The van der Waals surface area contributed by atoms with Crippen LogP contribution in [0.2, 0.25) is 0 Å². The zero-order valence-corrected chi connectivity index (χ0v) is 25.8. The van der Waals surface area contributed by atoms with Crippen molar-refractivity contribution >= 4 is 5.97 Å². The van der Waals surface area contributed by atoms with Crippen LogP contribution in [0.4, 0.5) is 0 Å². The summed E-state index contributed by atoms with van der Waals surface area (Å²) < 4.78 is 0. The third-order valence-corrected chi connectivity index (χ3v) is 13.2. The summed E-state index contributed by atoms with van der Waals surface area (Å²) in [5, 5.41) is 40.3. The second-order valence-electron chi connectivity index (χ2n) is 15.8. The maximum absolute atomic E-state index is 11.2. The van der Waals surface area contributed by atoms with Gasteiger partial charge in [-0.25, -0.2) is 0 Å². The van der Waals surface area contributed by atoms with Crippen LogP contribution in [-0.2, 0) is 4.79 Å². The fourth-order valence-electron chi connectivity index (χ4n) is 10.9. The Labute approximate surface area is 238 Å². The van der Waals surface area contributed by atoms with E-state index in [0.717, 1.165) is 44.4 Å². The molecule has 0 bridgehead atoms. The highest BCUT2D eigenvalue weighted by molar-refractivity contribution is 5.66. The molecular formula is C34H60O5. The van der Waals surface area contributed by atoms with Crippen molar-refractivity contribution in [2.75, 3.05) is 0 Å². The predicted molar refractivity (Wildman–Crippen MR) is 156 cm³/mol. The van der Waals surface area contributed by atoms with E-state index >= 15 is 0 Å². The number of hydrogen-bond donors (Lipinski definition) is 4. The van der Waals surface area contributed by atoms with E-state index in [1.165, 1.54) is 38.5 Å². The summed E-state index contributed by atoms with van der Waals surface area (Å²) in [7, 11) is 0. The summed E-state index contributed by atoms with van der Waals surface area (Å²) in [6.45, 7) is 13.8. The largest absolute Gasteiger partial charge is 0.481 e. The van der Waals surface area contributed by atoms with Gasteiger partial charge in [-0.15, -0.1) is 0 Å². The van der Waals surface area contributed by atoms with Gasteiger partial charge in [0.05, 0.1) is 18.3 Å². The van der Waals surface area contributed by atoms with Crippen molar-refractivity contribution in [3.63, 3.8) is 0 Å². The fourth-order valence-corrected chi connectivity index (χ4v) is 10.9. The normalized spacial score (nSPS) is 48.3. The highest BCUT2D eigenvalue weighted by Crippen LogP contribution is 2.68. The van der Waals surface area contributed by atoms with Crippen LogP contribution >= 0.6 is 0 Å². The van der Waals surface area contributed by atoms with Crippen molar-refractivity contribution in [2.24, 2.45) is 64.1 Å². The van der Waals surface area contributed by atoms with Gasteiger partial charge in [0.1, 0.15) is 0 Å². The number of carboxylic acid groups (broad SMARTS) is 1. The number of carboxylic acids is 1. The Morgan fingerprint density at radius 3 is 2.13 bits per heavy atom. The molecule has 5 nitrogen and oxygen atoms in total. The first kappa shape index (κ1) is 31.3. The lowest BCUT2D eigenvalue weighted by Crippen LogP contribution is -2.58. The molecule has 0 aromatic carbocycles. The standard InChI is InChI=1S/C24H40O4.C10H20O/c1-14(4-7-21(27)28)17-5-6-18-22-19(9-11-24(17,18)3)23(2)10-8-16(25)12-15(23)13-20(22)26;1-7(2)9-5-4-8(3)6-10(9)11/h14-20,22,25-26H,4-13H2,1-3H3,(H,27,28);7-11H,4-6H2,1-3H3/t14-,15+,16-,17-,18+,19+,20+,22+,23+,24-;/m1./s1. The Bertz CT molecular complexity index is 828. The van der Waals surface area contributed by atoms with Crippen LogP contribution in [0.25, 0.3) is 0 Å². The first-order chi connectivity index (χ1) is 18.3. The third-order valence-electron chi connectivity index (χ3n) is 13.2. The lowest BCUT2D eigenvalue weighted by molar-refractivity contribution is -0.174. The second kappa shape index (κ2) is 12.3. The van der Waals surface area contributed by atoms with E-state index in [1.54, 1.807) is 0 Å². The maximum atomic E-state index is 11.2. The molecule has 4 N–H and O–H groups in total. The molecule has 0 aliphatic heterocycles. The molecule has 13 atom stereocenters. The first-order valence-electron chi connectivity index (χ1n) is 16.5. The molecule has 5 aliphatic carbocycles. The molecule has 0 radical (unpaired) electrons. The fraction of sp³-hybridized carbons (Fsp3) is 0.971. The summed E-state index contributed by atoms with van der Waals surface area (Å²) in [6, 6.07) is 0. The van der Waals surface area contributed by atoms with Crippen molar-refractivity contribution in [2.45, 2.75) is 143 Å². The van der Waals surface area contributed by atoms with Crippen LogP contribution in [0.1, 0.15) is 125 Å². The Morgan fingerprint density at radius 2 is 1.49 bits per heavy atom. The van der Waals surface area contributed by atoms with Crippen LogP contribution in [0, 0.1) is 64.1 Å². The second-order valence-corrected chi connectivity index (χ2v) is 15.8. The van der Waals surface area contributed by atoms with Crippen LogP contribution in [0.3, 0.4) is 0 Å². The summed E-state index contributed by atoms with van der Waals surface area (Å²) in [5.74, 6) is 4.30. The van der Waals surface area contributed by atoms with E-state index in [4.69, 9.17) is 5.11 Å². The minimum Gasteiger partial charge on any atom is -0.481 e. The average Bonchev–Trinajstić information content (AvgIpc) is 3.21. The topological polar surface area (TPSA) is 98.0 Å². The highest BCUT2D eigenvalue weighted by atomic mass is 16.4. The number of rotatable bonds is 5. The molecule has 0 heterocycles. The molecule has 5 heteroatoms. The molecule has 0 aromatic rings. The van der Waals surface area contributed by atoms with Gasteiger partial charge in [0.2, 0.25) is 0 Å². The Kier molecular flexibility index (Phi) is 9.87. The van der Waals surface area contributed by atoms with E-state index in [0.29, 0.717) is 47.3 Å². The van der Waals surface area contributed by atoms with Gasteiger partial charge in [-0.2, -0.15) is 0 Å². The van der Waals surface area contributed by atoms with Gasteiger partial charge in [0, 0.05) is 6.42 Å². The van der Waals surface area contributed by atoms with Crippen molar-refractivity contribution in [1.82, 2.24) is 0 Å². The summed E-state index contributed by atoms with van der Waals surface area (Å²) >= 11 is 0. The zero-order chi connectivity index (χ0) is 28.7. The summed E-state index contributed by atoms with van der Waals surface area (Å²) in [4.78, 5) is 11.1. The Balaban J connectivity index is 0.000000270. The molecule has 5 saturated carbocycles. The van der Waals surface area contributed by atoms with Crippen molar-refractivity contribution in [3.8, 4) is 0 Å². The maximum Gasteiger partial charge on any atom is 0.303 e.